The van der Waals surface area contributed by atoms with Crippen LogP contribution in [0.15, 0.2) is 72.8 Å². The van der Waals surface area contributed by atoms with E-state index in [0.29, 0.717) is 5.02 Å². The zero-order valence-electron chi connectivity index (χ0n) is 23.2. The zero-order chi connectivity index (χ0) is 29.6. The van der Waals surface area contributed by atoms with E-state index in [9.17, 15) is 18.0 Å². The minimum Gasteiger partial charge on any atom is -0.352 e. The number of rotatable bonds is 11. The van der Waals surface area contributed by atoms with E-state index < -0.39 is 28.5 Å². The van der Waals surface area contributed by atoms with Crippen molar-refractivity contribution in [3.63, 3.8) is 0 Å². The Hall–Kier alpha value is -3.07. The van der Waals surface area contributed by atoms with Crippen molar-refractivity contribution in [1.82, 2.24) is 10.2 Å². The second-order valence-corrected chi connectivity index (χ2v) is 13.3. The molecule has 0 bridgehead atoms. The number of nitrogens with one attached hydrogen (secondary N) is 1. The molecule has 3 aromatic rings. The molecule has 0 heterocycles. The third-order valence-corrected chi connectivity index (χ3v) is 9.10. The highest BCUT2D eigenvalue weighted by Crippen LogP contribution is 2.31. The van der Waals surface area contributed by atoms with E-state index in [2.05, 4.69) is 5.32 Å². The lowest BCUT2D eigenvalue weighted by atomic mass is 10.0. The number of hydrogen-bond acceptors (Lipinski definition) is 4. The van der Waals surface area contributed by atoms with Crippen LogP contribution in [-0.2, 0) is 32.6 Å². The van der Waals surface area contributed by atoms with Gasteiger partial charge >= 0.3 is 0 Å². The molecule has 0 aliphatic heterocycles. The van der Waals surface area contributed by atoms with Gasteiger partial charge in [0.15, 0.2) is 0 Å². The van der Waals surface area contributed by atoms with Crippen molar-refractivity contribution < 1.29 is 18.0 Å². The Morgan fingerprint density at radius 2 is 1.63 bits per heavy atom. The van der Waals surface area contributed by atoms with Gasteiger partial charge in [-0.3, -0.25) is 13.9 Å². The van der Waals surface area contributed by atoms with Crippen molar-refractivity contribution in [2.45, 2.75) is 57.7 Å². The molecule has 7 nitrogen and oxygen atoms in total. The molecule has 0 radical (unpaired) electrons. The van der Waals surface area contributed by atoms with E-state index in [0.717, 1.165) is 52.9 Å². The summed E-state index contributed by atoms with van der Waals surface area (Å²) in [6.07, 6.45) is 5.18. The van der Waals surface area contributed by atoms with Crippen LogP contribution in [0.5, 0.6) is 0 Å². The molecule has 1 unspecified atom stereocenters. The number of sulfonamides is 1. The number of benzene rings is 3. The zero-order valence-corrected chi connectivity index (χ0v) is 25.6. The molecule has 1 atom stereocenters. The number of anilines is 1. The van der Waals surface area contributed by atoms with Gasteiger partial charge in [-0.05, 0) is 54.7 Å². The quantitative estimate of drug-likeness (QED) is 0.297. The highest BCUT2D eigenvalue weighted by atomic mass is 35.5. The number of carbonyl (C=O) groups is 2. The van der Waals surface area contributed by atoms with Crippen molar-refractivity contribution in [3.05, 3.63) is 99.5 Å². The largest absolute Gasteiger partial charge is 0.352 e. The topological polar surface area (TPSA) is 86.8 Å². The van der Waals surface area contributed by atoms with Gasteiger partial charge in [-0.2, -0.15) is 0 Å². The first-order valence-corrected chi connectivity index (χ1v) is 16.2. The first-order chi connectivity index (χ1) is 19.5. The van der Waals surface area contributed by atoms with Crippen molar-refractivity contribution in [2.24, 2.45) is 0 Å². The summed E-state index contributed by atoms with van der Waals surface area (Å²) >= 11 is 12.4. The second kappa shape index (κ2) is 13.7. The maximum absolute atomic E-state index is 14.2. The Kier molecular flexibility index (Phi) is 10.3. The fraction of sp³-hybridized carbons (Fsp3) is 0.355. The van der Waals surface area contributed by atoms with Crippen LogP contribution in [0, 0.1) is 6.92 Å². The maximum Gasteiger partial charge on any atom is 0.244 e. The van der Waals surface area contributed by atoms with Crippen LogP contribution < -0.4 is 9.62 Å². The lowest BCUT2D eigenvalue weighted by Gasteiger charge is -2.34. The number of amides is 2. The van der Waals surface area contributed by atoms with Crippen molar-refractivity contribution >= 4 is 50.7 Å². The van der Waals surface area contributed by atoms with Gasteiger partial charge in [0, 0.05) is 24.0 Å². The highest BCUT2D eigenvalue weighted by molar-refractivity contribution is 7.92. The Balaban J connectivity index is 1.75. The van der Waals surface area contributed by atoms with E-state index >= 15 is 0 Å². The molecule has 0 saturated heterocycles. The number of halogens is 2. The van der Waals surface area contributed by atoms with Crippen LogP contribution in [-0.4, -0.2) is 50.0 Å². The van der Waals surface area contributed by atoms with Crippen molar-refractivity contribution in [2.75, 3.05) is 17.1 Å². The van der Waals surface area contributed by atoms with Crippen LogP contribution in [0.4, 0.5) is 5.69 Å². The first kappa shape index (κ1) is 30.9. The molecular weight excluding hydrogens is 581 g/mol. The Bertz CT molecular complexity index is 1480. The SMILES string of the molecule is Cc1ccccc1CN(C(=O)CN(c1ccc(Cl)cc1Cl)S(C)(=O)=O)C(Cc1ccccc1)C(=O)NC1CCCC1. The summed E-state index contributed by atoms with van der Waals surface area (Å²) in [5.74, 6) is -0.773. The predicted molar refractivity (Wildman–Crippen MR) is 165 cm³/mol. The van der Waals surface area contributed by atoms with Gasteiger partial charge in [0.05, 0.1) is 17.0 Å². The number of nitrogens with zero attached hydrogens (tertiary/aromatic N) is 2. The number of carbonyl (C=O) groups excluding carboxylic acids is 2. The average molecular weight is 617 g/mol. The van der Waals surface area contributed by atoms with Crippen LogP contribution in [0.1, 0.15) is 42.4 Å². The van der Waals surface area contributed by atoms with Gasteiger partial charge in [0.1, 0.15) is 12.6 Å². The number of hydrogen-bond donors (Lipinski definition) is 1. The molecule has 218 valence electrons. The molecule has 10 heteroatoms. The van der Waals surface area contributed by atoms with Gasteiger partial charge in [0.25, 0.3) is 0 Å². The van der Waals surface area contributed by atoms with Crippen molar-refractivity contribution in [1.29, 1.82) is 0 Å². The molecule has 1 N–H and O–H groups in total. The molecule has 3 aromatic carbocycles. The normalized spacial score (nSPS) is 14.4. The summed E-state index contributed by atoms with van der Waals surface area (Å²) in [4.78, 5) is 29.6. The summed E-state index contributed by atoms with van der Waals surface area (Å²) in [7, 11) is -3.93. The lowest BCUT2D eigenvalue weighted by molar-refractivity contribution is -0.140. The van der Waals surface area contributed by atoms with Gasteiger partial charge < -0.3 is 10.2 Å². The van der Waals surface area contributed by atoms with Crippen LogP contribution in [0.3, 0.4) is 0 Å². The third kappa shape index (κ3) is 8.24. The monoisotopic (exact) mass is 615 g/mol. The predicted octanol–water partition coefficient (Wildman–Crippen LogP) is 5.77. The molecular formula is C31H35Cl2N3O4S. The van der Waals surface area contributed by atoms with Gasteiger partial charge in [-0.15, -0.1) is 0 Å². The molecule has 0 spiro atoms. The Morgan fingerprint density at radius 3 is 2.27 bits per heavy atom. The summed E-state index contributed by atoms with van der Waals surface area (Å²) in [6, 6.07) is 20.8. The minimum atomic E-state index is -3.93. The van der Waals surface area contributed by atoms with E-state index in [4.69, 9.17) is 23.2 Å². The van der Waals surface area contributed by atoms with Crippen LogP contribution in [0.25, 0.3) is 0 Å². The lowest BCUT2D eigenvalue weighted by Crippen LogP contribution is -2.54. The van der Waals surface area contributed by atoms with E-state index in [1.165, 1.54) is 23.1 Å². The van der Waals surface area contributed by atoms with E-state index in [-0.39, 0.29) is 35.6 Å². The Morgan fingerprint density at radius 1 is 0.976 bits per heavy atom. The Labute approximate surface area is 252 Å². The van der Waals surface area contributed by atoms with Gasteiger partial charge in [0.2, 0.25) is 21.8 Å². The van der Waals surface area contributed by atoms with Gasteiger partial charge in [-0.1, -0.05) is 90.6 Å². The fourth-order valence-corrected chi connectivity index (χ4v) is 6.59. The molecule has 1 saturated carbocycles. The highest BCUT2D eigenvalue weighted by Gasteiger charge is 2.34. The smallest absolute Gasteiger partial charge is 0.244 e. The van der Waals surface area contributed by atoms with E-state index in [1.807, 2.05) is 61.5 Å². The van der Waals surface area contributed by atoms with Crippen LogP contribution in [0.2, 0.25) is 10.0 Å². The molecule has 1 fully saturated rings. The molecule has 1 aliphatic carbocycles. The van der Waals surface area contributed by atoms with Crippen LogP contribution >= 0.6 is 23.2 Å². The summed E-state index contributed by atoms with van der Waals surface area (Å²) in [6.45, 7) is 1.54. The standard InChI is InChI=1S/C31H35Cl2N3O4S/c1-22-10-6-7-13-24(22)20-35(30(37)21-36(41(2,39)40)28-17-16-25(32)19-27(28)33)29(18-23-11-4-3-5-12-23)31(38)34-26-14-8-9-15-26/h3-7,10-13,16-17,19,26,29H,8-9,14-15,18,20-21H2,1-2H3,(H,34,38). The van der Waals surface area contributed by atoms with E-state index in [1.54, 1.807) is 0 Å². The molecule has 4 rings (SSSR count). The molecule has 2 amide bonds. The van der Waals surface area contributed by atoms with Gasteiger partial charge in [-0.25, -0.2) is 8.42 Å². The fourth-order valence-electron chi connectivity index (χ4n) is 5.17. The minimum absolute atomic E-state index is 0.0524. The second-order valence-electron chi connectivity index (χ2n) is 10.5. The number of aryl methyl sites for hydroxylation is 1. The van der Waals surface area contributed by atoms with Crippen molar-refractivity contribution in [3.8, 4) is 0 Å². The third-order valence-electron chi connectivity index (χ3n) is 7.43. The molecule has 0 aromatic heterocycles. The average Bonchev–Trinajstić information content (AvgIpc) is 3.43. The summed E-state index contributed by atoms with van der Waals surface area (Å²) in [5, 5.41) is 3.60. The molecule has 41 heavy (non-hydrogen) atoms. The first-order valence-electron chi connectivity index (χ1n) is 13.6. The summed E-state index contributed by atoms with van der Waals surface area (Å²) in [5.41, 5.74) is 2.85. The maximum atomic E-state index is 14.2. The molecule has 1 aliphatic rings. The summed E-state index contributed by atoms with van der Waals surface area (Å²) < 4.78 is 26.9.